The zero-order valence-corrected chi connectivity index (χ0v) is 19.7. The summed E-state index contributed by atoms with van der Waals surface area (Å²) in [7, 11) is 4.33. The molecule has 0 saturated carbocycles. The van der Waals surface area contributed by atoms with E-state index in [1.807, 2.05) is 13.8 Å². The van der Waals surface area contributed by atoms with E-state index < -0.39 is 18.2 Å². The molecule has 1 aromatic heterocycles. The Hall–Kier alpha value is -2.81. The molecule has 0 aliphatic heterocycles. The molecule has 180 valence electrons. The van der Waals surface area contributed by atoms with Crippen LogP contribution >= 0.6 is 0 Å². The van der Waals surface area contributed by atoms with Crippen molar-refractivity contribution in [3.8, 4) is 17.0 Å². The molecule has 7 nitrogen and oxygen atoms in total. The third-order valence-electron chi connectivity index (χ3n) is 5.12. The molecule has 8 heteroatoms. The molecule has 2 aromatic rings. The van der Waals surface area contributed by atoms with Gasteiger partial charge >= 0.3 is 5.97 Å². The summed E-state index contributed by atoms with van der Waals surface area (Å²) in [6.45, 7) is 4.18. The molecule has 2 atom stereocenters. The number of ether oxygens (including phenoxy) is 3. The average molecular weight is 462 g/mol. The Labute approximate surface area is 193 Å². The fourth-order valence-electron chi connectivity index (χ4n) is 3.56. The number of nitrogens with zero attached hydrogens (tertiary/aromatic N) is 1. The summed E-state index contributed by atoms with van der Waals surface area (Å²) in [5.41, 5.74) is 3.64. The van der Waals surface area contributed by atoms with Gasteiger partial charge in [-0.3, -0.25) is 4.79 Å². The smallest absolute Gasteiger partial charge is 0.308 e. The lowest BCUT2D eigenvalue weighted by Crippen LogP contribution is -2.20. The fraction of sp³-hybridized carbons (Fsp3) is 0.440. The Morgan fingerprint density at radius 1 is 1.15 bits per heavy atom. The number of aliphatic hydroxyl groups is 2. The van der Waals surface area contributed by atoms with Crippen molar-refractivity contribution in [3.05, 3.63) is 53.0 Å². The maximum Gasteiger partial charge on any atom is 0.308 e. The molecule has 0 fully saturated rings. The zero-order chi connectivity index (χ0) is 24.5. The van der Waals surface area contributed by atoms with Gasteiger partial charge in [-0.15, -0.1) is 0 Å². The maximum atomic E-state index is 13.6. The van der Waals surface area contributed by atoms with Gasteiger partial charge in [0.05, 0.1) is 45.1 Å². The van der Waals surface area contributed by atoms with Crippen LogP contribution in [0.1, 0.15) is 49.4 Å². The van der Waals surface area contributed by atoms with E-state index in [1.165, 1.54) is 26.4 Å². The van der Waals surface area contributed by atoms with E-state index >= 15 is 0 Å². The van der Waals surface area contributed by atoms with Gasteiger partial charge in [0.25, 0.3) is 0 Å². The number of carbonyl (C=O) groups is 1. The van der Waals surface area contributed by atoms with E-state index in [4.69, 9.17) is 9.47 Å². The van der Waals surface area contributed by atoms with Crippen LogP contribution in [-0.2, 0) is 20.9 Å². The van der Waals surface area contributed by atoms with Crippen LogP contribution in [0.2, 0.25) is 0 Å². The van der Waals surface area contributed by atoms with Gasteiger partial charge in [-0.2, -0.15) is 0 Å². The third kappa shape index (κ3) is 7.08. The van der Waals surface area contributed by atoms with Crippen LogP contribution in [0.15, 0.2) is 30.3 Å². The highest BCUT2D eigenvalue weighted by Gasteiger charge is 2.22. The predicted molar refractivity (Wildman–Crippen MR) is 123 cm³/mol. The van der Waals surface area contributed by atoms with E-state index in [-0.39, 0.29) is 31.2 Å². The Morgan fingerprint density at radius 3 is 2.36 bits per heavy atom. The summed E-state index contributed by atoms with van der Waals surface area (Å²) in [4.78, 5) is 16.0. The zero-order valence-electron chi connectivity index (χ0n) is 19.7. The van der Waals surface area contributed by atoms with Crippen LogP contribution in [0.25, 0.3) is 17.2 Å². The summed E-state index contributed by atoms with van der Waals surface area (Å²) >= 11 is 0. The number of pyridine rings is 1. The van der Waals surface area contributed by atoms with Gasteiger partial charge in [-0.1, -0.05) is 38.1 Å². The van der Waals surface area contributed by atoms with Gasteiger partial charge in [-0.05, 0) is 23.6 Å². The number of hydrogen-bond donors (Lipinski definition) is 2. The van der Waals surface area contributed by atoms with E-state index in [1.54, 1.807) is 31.4 Å². The van der Waals surface area contributed by atoms with Gasteiger partial charge in [0.2, 0.25) is 5.88 Å². The molecule has 0 amide bonds. The molecule has 0 unspecified atom stereocenters. The molecule has 33 heavy (non-hydrogen) atoms. The normalized spacial score (nSPS) is 13.4. The Balaban J connectivity index is 2.58. The van der Waals surface area contributed by atoms with Crippen molar-refractivity contribution in [3.63, 3.8) is 0 Å². The summed E-state index contributed by atoms with van der Waals surface area (Å²) < 4.78 is 29.1. The Kier molecular flexibility index (Phi) is 9.96. The highest BCUT2D eigenvalue weighted by Crippen LogP contribution is 2.38. The van der Waals surface area contributed by atoms with Crippen molar-refractivity contribution in [1.29, 1.82) is 0 Å². The minimum atomic E-state index is -1.05. The van der Waals surface area contributed by atoms with Crippen LogP contribution in [0.5, 0.6) is 5.88 Å². The van der Waals surface area contributed by atoms with E-state index in [0.717, 1.165) is 22.4 Å². The van der Waals surface area contributed by atoms with Gasteiger partial charge in [-0.25, -0.2) is 9.37 Å². The monoisotopic (exact) mass is 461 g/mol. The highest BCUT2D eigenvalue weighted by molar-refractivity contribution is 5.81. The molecular formula is C25H32FNO6. The van der Waals surface area contributed by atoms with E-state index in [9.17, 15) is 19.4 Å². The van der Waals surface area contributed by atoms with Gasteiger partial charge in [0, 0.05) is 30.2 Å². The van der Waals surface area contributed by atoms with Crippen molar-refractivity contribution in [1.82, 2.24) is 4.98 Å². The summed E-state index contributed by atoms with van der Waals surface area (Å²) in [6.07, 6.45) is 0.967. The predicted octanol–water partition coefficient (Wildman–Crippen LogP) is 3.85. The first-order valence-electron chi connectivity index (χ1n) is 10.7. The first-order valence-corrected chi connectivity index (χ1v) is 10.7. The number of carbonyl (C=O) groups excluding carboxylic acids is 1. The number of halogens is 1. The quantitative estimate of drug-likeness (QED) is 0.491. The number of methoxy groups -OCH3 is 3. The Morgan fingerprint density at radius 2 is 1.82 bits per heavy atom. The SMILES string of the molecule is COCc1c(OC)nc(C(C)C)c(C=C[C@@H](O)C[C@@H](O)CC(=O)OC)c1-c1ccc(F)cc1. The van der Waals surface area contributed by atoms with Crippen LogP contribution in [0.3, 0.4) is 0 Å². The van der Waals surface area contributed by atoms with Gasteiger partial charge < -0.3 is 24.4 Å². The maximum absolute atomic E-state index is 13.6. The molecular weight excluding hydrogens is 429 g/mol. The second kappa shape index (κ2) is 12.4. The first kappa shape index (κ1) is 26.4. The molecule has 2 N–H and O–H groups in total. The molecule has 0 aliphatic rings. The van der Waals surface area contributed by atoms with E-state index in [2.05, 4.69) is 9.72 Å². The molecule has 0 spiro atoms. The lowest BCUT2D eigenvalue weighted by molar-refractivity contribution is -0.143. The second-order valence-corrected chi connectivity index (χ2v) is 7.96. The molecule has 0 bridgehead atoms. The minimum absolute atomic E-state index is 0.0106. The van der Waals surface area contributed by atoms with Crippen LogP contribution in [0.4, 0.5) is 4.39 Å². The third-order valence-corrected chi connectivity index (χ3v) is 5.12. The van der Waals surface area contributed by atoms with Crippen LogP contribution in [0, 0.1) is 5.82 Å². The largest absolute Gasteiger partial charge is 0.481 e. The van der Waals surface area contributed by atoms with Crippen molar-refractivity contribution < 1.29 is 33.6 Å². The van der Waals surface area contributed by atoms with Gasteiger partial charge in [0.15, 0.2) is 0 Å². The topological polar surface area (TPSA) is 98.1 Å². The molecule has 0 saturated heterocycles. The number of benzene rings is 1. The molecule has 1 heterocycles. The van der Waals surface area contributed by atoms with E-state index in [0.29, 0.717) is 11.4 Å². The minimum Gasteiger partial charge on any atom is -0.481 e. The van der Waals surface area contributed by atoms with Crippen LogP contribution < -0.4 is 4.74 Å². The molecule has 1 aromatic carbocycles. The first-order chi connectivity index (χ1) is 15.7. The van der Waals surface area contributed by atoms with Crippen molar-refractivity contribution in [2.45, 2.75) is 51.4 Å². The molecule has 0 aliphatic carbocycles. The fourth-order valence-corrected chi connectivity index (χ4v) is 3.56. The van der Waals surface area contributed by atoms with Crippen molar-refractivity contribution in [2.24, 2.45) is 0 Å². The number of esters is 1. The average Bonchev–Trinajstić information content (AvgIpc) is 2.78. The number of aromatic nitrogens is 1. The van der Waals surface area contributed by atoms with Crippen molar-refractivity contribution >= 4 is 12.0 Å². The summed E-state index contributed by atoms with van der Waals surface area (Å²) in [6, 6.07) is 6.08. The summed E-state index contributed by atoms with van der Waals surface area (Å²) in [5, 5.41) is 20.5. The number of rotatable bonds is 11. The van der Waals surface area contributed by atoms with Gasteiger partial charge in [0.1, 0.15) is 5.82 Å². The molecule has 2 rings (SSSR count). The standard InChI is InChI=1S/C25H32FNO6/c1-15(2)24-20(11-10-18(28)12-19(29)13-22(30)32-4)23(16-6-8-17(26)9-7-16)21(14-31-3)25(27-24)33-5/h6-11,15,18-19,28-29H,12-14H2,1-5H3/t18-,19-/m1/s1. The number of hydrogen-bond acceptors (Lipinski definition) is 7. The van der Waals surface area contributed by atoms with Crippen molar-refractivity contribution in [2.75, 3.05) is 21.3 Å². The second-order valence-electron chi connectivity index (χ2n) is 7.96. The highest BCUT2D eigenvalue weighted by atomic mass is 19.1. The molecule has 0 radical (unpaired) electrons. The lowest BCUT2D eigenvalue weighted by Gasteiger charge is -2.21. The number of aliphatic hydroxyl groups excluding tert-OH is 2. The Bertz CT molecular complexity index is 958. The van der Waals surface area contributed by atoms with Crippen LogP contribution in [-0.4, -0.2) is 54.7 Å². The summed E-state index contributed by atoms with van der Waals surface area (Å²) in [5.74, 6) is -0.491. The lowest BCUT2D eigenvalue weighted by atomic mass is 9.90.